The molecule has 4 atom stereocenters. The Labute approximate surface area is 152 Å². The van der Waals surface area contributed by atoms with Crippen LogP contribution in [0.2, 0.25) is 0 Å². The zero-order chi connectivity index (χ0) is 12.9. The Morgan fingerprint density at radius 1 is 1.11 bits per heavy atom. The second-order valence-corrected chi connectivity index (χ2v) is 4.07. The van der Waals surface area contributed by atoms with Gasteiger partial charge in [0, 0.05) is 0 Å². The van der Waals surface area contributed by atoms with Crippen molar-refractivity contribution >= 4 is 14.1 Å². The molecule has 0 aliphatic carbocycles. The molecular formula is C6H13Na2O10P. The van der Waals surface area contributed by atoms with Crippen molar-refractivity contribution in [1.29, 1.82) is 0 Å². The minimum Gasteiger partial charge on any atom is -0.790 e. The molecule has 19 heavy (non-hydrogen) atoms. The molecule has 0 spiro atoms. The van der Waals surface area contributed by atoms with E-state index in [-0.39, 0.29) is 70.9 Å². The van der Waals surface area contributed by atoms with Gasteiger partial charge in [-0.15, -0.1) is 0 Å². The van der Waals surface area contributed by atoms with Gasteiger partial charge in [-0.1, -0.05) is 0 Å². The maximum Gasteiger partial charge on any atom is 1.00 e. The average molecular weight is 322 g/mol. The fourth-order valence-corrected chi connectivity index (χ4v) is 1.11. The van der Waals surface area contributed by atoms with Crippen molar-refractivity contribution in [2.24, 2.45) is 0 Å². The first kappa shape index (κ1) is 28.7. The number of carbonyl (C=O) groups excluding carboxylic acids is 1. The Morgan fingerprint density at radius 3 is 1.84 bits per heavy atom. The van der Waals surface area contributed by atoms with Gasteiger partial charge >= 0.3 is 59.1 Å². The van der Waals surface area contributed by atoms with Gasteiger partial charge < -0.3 is 49.6 Å². The molecule has 13 heteroatoms. The van der Waals surface area contributed by atoms with Crippen LogP contribution in [0.15, 0.2) is 0 Å². The maximum atomic E-state index is 10.0. The summed E-state index contributed by atoms with van der Waals surface area (Å²) in [5.74, 6) is 0. The summed E-state index contributed by atoms with van der Waals surface area (Å²) < 4.78 is 13.6. The first-order valence-electron chi connectivity index (χ1n) is 4.03. The quantitative estimate of drug-likeness (QED) is 0.199. The molecular weight excluding hydrogens is 309 g/mol. The van der Waals surface area contributed by atoms with E-state index in [1.165, 1.54) is 0 Å². The van der Waals surface area contributed by atoms with Crippen LogP contribution in [0.3, 0.4) is 0 Å². The molecule has 0 aliphatic heterocycles. The van der Waals surface area contributed by atoms with E-state index in [9.17, 15) is 19.1 Å². The van der Waals surface area contributed by atoms with Crippen LogP contribution in [0, 0.1) is 0 Å². The zero-order valence-corrected chi connectivity index (χ0v) is 15.3. The van der Waals surface area contributed by atoms with Gasteiger partial charge in [0.05, 0.1) is 14.4 Å². The molecule has 0 radical (unpaired) electrons. The third-order valence-corrected chi connectivity index (χ3v) is 2.10. The molecule has 0 unspecified atom stereocenters. The topological polar surface area (TPSA) is 202 Å². The Morgan fingerprint density at radius 2 is 1.53 bits per heavy atom. The van der Waals surface area contributed by atoms with Crippen LogP contribution < -0.4 is 68.9 Å². The van der Waals surface area contributed by atoms with E-state index in [0.717, 1.165) is 0 Å². The summed E-state index contributed by atoms with van der Waals surface area (Å²) >= 11 is 0. The molecule has 0 rings (SSSR count). The predicted molar refractivity (Wildman–Crippen MR) is 47.3 cm³/mol. The molecule has 0 aromatic heterocycles. The molecule has 0 aromatic rings. The minimum absolute atomic E-state index is 0. The van der Waals surface area contributed by atoms with E-state index in [4.69, 9.17) is 20.4 Å². The fourth-order valence-electron chi connectivity index (χ4n) is 0.776. The fraction of sp³-hybridized carbons (Fsp3) is 0.833. The van der Waals surface area contributed by atoms with E-state index < -0.39 is 38.8 Å². The third-order valence-electron chi connectivity index (χ3n) is 1.64. The van der Waals surface area contributed by atoms with E-state index in [0.29, 0.717) is 0 Å². The van der Waals surface area contributed by atoms with Crippen molar-refractivity contribution < 1.29 is 109 Å². The van der Waals surface area contributed by atoms with Crippen LogP contribution in [0.4, 0.5) is 0 Å². The molecule has 0 heterocycles. The summed E-state index contributed by atoms with van der Waals surface area (Å²) in [4.78, 5) is 30.0. The Kier molecular flexibility index (Phi) is 20.0. The smallest absolute Gasteiger partial charge is 0.790 e. The van der Waals surface area contributed by atoms with Crippen LogP contribution in [0.25, 0.3) is 0 Å². The molecule has 0 bridgehead atoms. The van der Waals surface area contributed by atoms with Gasteiger partial charge in [-0.3, -0.25) is 0 Å². The van der Waals surface area contributed by atoms with Crippen molar-refractivity contribution in [3.05, 3.63) is 0 Å². The number of hydrogen-bond acceptors (Lipinski definition) is 9. The monoisotopic (exact) mass is 322 g/mol. The number of phosphoric acid groups is 1. The molecule has 0 fully saturated rings. The van der Waals surface area contributed by atoms with Gasteiger partial charge in [0.15, 0.2) is 6.29 Å². The van der Waals surface area contributed by atoms with Crippen molar-refractivity contribution in [3.63, 3.8) is 0 Å². The Balaban J connectivity index is -0.000000375. The van der Waals surface area contributed by atoms with Crippen molar-refractivity contribution in [2.45, 2.75) is 24.4 Å². The molecule has 104 valence electrons. The van der Waals surface area contributed by atoms with E-state index >= 15 is 0 Å². The van der Waals surface area contributed by atoms with Gasteiger partial charge in [-0.05, 0) is 0 Å². The van der Waals surface area contributed by atoms with Crippen LogP contribution in [-0.2, 0) is 13.9 Å². The van der Waals surface area contributed by atoms with Crippen molar-refractivity contribution in [2.75, 3.05) is 6.61 Å². The van der Waals surface area contributed by atoms with Crippen LogP contribution >= 0.6 is 7.82 Å². The predicted octanol–water partition coefficient (Wildman–Crippen LogP) is -11.3. The summed E-state index contributed by atoms with van der Waals surface area (Å²) in [5, 5.41) is 35.9. The summed E-state index contributed by atoms with van der Waals surface area (Å²) in [6.07, 6.45) is -8.04. The standard InChI is InChI=1S/C6H13O9P.2Na.H2O/c7-1-3(8)5(10)6(11)4(9)2-15-16(12,13)14;;;/h1,3-6,8-11H,2H2,(H2,12,13,14);;;1H2/q;2*+1;/p-2/t3-,4-,5-,6-;;;/m1.../s1. The maximum absolute atomic E-state index is 10.0. The first-order chi connectivity index (χ1) is 7.19. The van der Waals surface area contributed by atoms with Crippen LogP contribution in [-0.4, -0.2) is 63.2 Å². The van der Waals surface area contributed by atoms with Crippen LogP contribution in [0.5, 0.6) is 0 Å². The normalized spacial score (nSPS) is 16.7. The van der Waals surface area contributed by atoms with Gasteiger partial charge in [0.1, 0.15) is 24.4 Å². The second kappa shape index (κ2) is 13.3. The SMILES string of the molecule is O.O=C[C@@H](O)[C@@H](O)[C@H](O)[C@H](O)COP(=O)([O-])[O-].[Na+].[Na+]. The second-order valence-electron chi connectivity index (χ2n) is 2.92. The van der Waals surface area contributed by atoms with Crippen molar-refractivity contribution in [1.82, 2.24) is 0 Å². The molecule has 6 N–H and O–H groups in total. The summed E-state index contributed by atoms with van der Waals surface area (Å²) in [7, 11) is -5.30. The molecule has 10 nitrogen and oxygen atoms in total. The van der Waals surface area contributed by atoms with Crippen molar-refractivity contribution in [3.8, 4) is 0 Å². The molecule has 0 saturated heterocycles. The molecule has 0 aliphatic rings. The van der Waals surface area contributed by atoms with Crippen LogP contribution in [0.1, 0.15) is 0 Å². The Bertz CT molecular complexity index is 273. The molecule has 0 aromatic carbocycles. The van der Waals surface area contributed by atoms with Gasteiger partial charge in [0.2, 0.25) is 0 Å². The molecule has 0 amide bonds. The summed E-state index contributed by atoms with van der Waals surface area (Å²) in [6.45, 7) is -1.09. The first-order valence-corrected chi connectivity index (χ1v) is 5.49. The average Bonchev–Trinajstić information content (AvgIpc) is 2.21. The molecule has 0 saturated carbocycles. The number of aliphatic hydroxyl groups is 4. The number of hydrogen-bond donors (Lipinski definition) is 4. The zero-order valence-electron chi connectivity index (χ0n) is 10.4. The van der Waals surface area contributed by atoms with Gasteiger partial charge in [-0.25, -0.2) is 0 Å². The summed E-state index contributed by atoms with van der Waals surface area (Å²) in [6, 6.07) is 0. The van der Waals surface area contributed by atoms with E-state index in [2.05, 4.69) is 4.52 Å². The van der Waals surface area contributed by atoms with E-state index in [1.54, 1.807) is 0 Å². The largest absolute Gasteiger partial charge is 1.00 e. The number of carbonyl (C=O) groups is 1. The number of rotatable bonds is 7. The Hall–Kier alpha value is 1.58. The number of phosphoric ester groups is 1. The van der Waals surface area contributed by atoms with Gasteiger partial charge in [-0.2, -0.15) is 0 Å². The third kappa shape index (κ3) is 13.0. The summed E-state index contributed by atoms with van der Waals surface area (Å²) in [5.41, 5.74) is 0. The van der Waals surface area contributed by atoms with Gasteiger partial charge in [0.25, 0.3) is 0 Å². The van der Waals surface area contributed by atoms with E-state index in [1.807, 2.05) is 0 Å². The minimum atomic E-state index is -5.30. The number of aliphatic hydroxyl groups excluding tert-OH is 4. The number of aldehydes is 1.